The largest absolute Gasteiger partial charge is 0.384 e. The van der Waals surface area contributed by atoms with E-state index in [0.717, 1.165) is 50.1 Å². The van der Waals surface area contributed by atoms with Crippen molar-refractivity contribution in [2.45, 2.75) is 32.3 Å². The second-order valence-electron chi connectivity index (χ2n) is 6.30. The van der Waals surface area contributed by atoms with Crippen LogP contribution in [0.5, 0.6) is 0 Å². The summed E-state index contributed by atoms with van der Waals surface area (Å²) in [5.41, 5.74) is 7.98. The first kappa shape index (κ1) is 17.4. The number of nitrogens with two attached hydrogens (primary N) is 1. The zero-order valence-electron chi connectivity index (χ0n) is 14.5. The van der Waals surface area contributed by atoms with Gasteiger partial charge >= 0.3 is 0 Å². The van der Waals surface area contributed by atoms with E-state index in [1.165, 1.54) is 0 Å². The molecular formula is C19H24N4O2. The van der Waals surface area contributed by atoms with Gasteiger partial charge in [-0.05, 0) is 37.5 Å². The van der Waals surface area contributed by atoms with Gasteiger partial charge in [-0.3, -0.25) is 9.78 Å². The molecule has 2 N–H and O–H groups in total. The van der Waals surface area contributed by atoms with E-state index >= 15 is 0 Å². The van der Waals surface area contributed by atoms with Gasteiger partial charge in [-0.2, -0.15) is 0 Å². The van der Waals surface area contributed by atoms with E-state index in [1.807, 2.05) is 17.0 Å². The quantitative estimate of drug-likeness (QED) is 0.905. The van der Waals surface area contributed by atoms with Gasteiger partial charge in [0.2, 0.25) is 0 Å². The Hall–Kier alpha value is -2.47. The number of nitrogen functional groups attached to an aromatic ring is 1. The number of hydrogen-bond donors (Lipinski definition) is 1. The molecule has 0 aromatic carbocycles. The van der Waals surface area contributed by atoms with E-state index in [0.29, 0.717) is 11.4 Å². The van der Waals surface area contributed by atoms with E-state index in [9.17, 15) is 4.79 Å². The van der Waals surface area contributed by atoms with Crippen LogP contribution in [0.4, 0.5) is 5.82 Å². The van der Waals surface area contributed by atoms with Gasteiger partial charge in [-0.25, -0.2) is 4.98 Å². The fourth-order valence-corrected chi connectivity index (χ4v) is 2.98. The first-order valence-electron chi connectivity index (χ1n) is 8.75. The number of amides is 1. The minimum absolute atomic E-state index is 0.0201. The molecule has 1 amide bonds. The zero-order chi connectivity index (χ0) is 17.6. The predicted octanol–water partition coefficient (Wildman–Crippen LogP) is 2.76. The number of aromatic nitrogens is 2. The number of ether oxygens (including phenoxy) is 1. The molecule has 0 atom stereocenters. The average Bonchev–Trinajstić information content (AvgIpc) is 2.67. The number of pyridine rings is 2. The summed E-state index contributed by atoms with van der Waals surface area (Å²) in [5, 5.41) is 0. The third-order valence-corrected chi connectivity index (χ3v) is 4.39. The molecule has 132 valence electrons. The highest BCUT2D eigenvalue weighted by molar-refractivity contribution is 5.95. The summed E-state index contributed by atoms with van der Waals surface area (Å²) in [4.78, 5) is 23.0. The number of hydrogen-bond acceptors (Lipinski definition) is 5. The lowest BCUT2D eigenvalue weighted by Crippen LogP contribution is -2.41. The molecule has 0 radical (unpaired) electrons. The van der Waals surface area contributed by atoms with Crippen molar-refractivity contribution < 1.29 is 9.53 Å². The molecule has 0 spiro atoms. The molecule has 1 fully saturated rings. The summed E-state index contributed by atoms with van der Waals surface area (Å²) in [5.74, 6) is 0.490. The first-order chi connectivity index (χ1) is 12.2. The lowest BCUT2D eigenvalue weighted by atomic mass is 10.0. The Morgan fingerprint density at radius 3 is 2.72 bits per heavy atom. The van der Waals surface area contributed by atoms with Gasteiger partial charge in [0.25, 0.3) is 5.91 Å². The molecule has 6 nitrogen and oxygen atoms in total. The van der Waals surface area contributed by atoms with Gasteiger partial charge in [0.05, 0.1) is 11.7 Å². The van der Waals surface area contributed by atoms with Crippen LogP contribution in [0, 0.1) is 0 Å². The third-order valence-electron chi connectivity index (χ3n) is 4.39. The molecule has 0 bridgehead atoms. The summed E-state index contributed by atoms with van der Waals surface area (Å²) < 4.78 is 5.78. The monoisotopic (exact) mass is 340 g/mol. The normalized spacial score (nSPS) is 15.3. The summed E-state index contributed by atoms with van der Waals surface area (Å²) in [6.45, 7) is 4.34. The van der Waals surface area contributed by atoms with Crippen LogP contribution < -0.4 is 5.73 Å². The Morgan fingerprint density at radius 2 is 2.04 bits per heavy atom. The molecule has 3 heterocycles. The Kier molecular flexibility index (Phi) is 5.60. The highest BCUT2D eigenvalue weighted by Gasteiger charge is 2.24. The molecule has 3 rings (SSSR count). The molecule has 1 aliphatic rings. The highest BCUT2D eigenvalue weighted by atomic mass is 16.5. The van der Waals surface area contributed by atoms with Crippen molar-refractivity contribution in [3.8, 4) is 11.1 Å². The van der Waals surface area contributed by atoms with E-state index < -0.39 is 0 Å². The summed E-state index contributed by atoms with van der Waals surface area (Å²) >= 11 is 0. The van der Waals surface area contributed by atoms with Crippen molar-refractivity contribution in [2.24, 2.45) is 0 Å². The average molecular weight is 340 g/mol. The van der Waals surface area contributed by atoms with Crippen LogP contribution in [0.25, 0.3) is 11.1 Å². The number of piperidine rings is 1. The van der Waals surface area contributed by atoms with Gasteiger partial charge in [0, 0.05) is 49.4 Å². The number of anilines is 1. The lowest BCUT2D eigenvalue weighted by Gasteiger charge is -2.32. The molecule has 2 aromatic rings. The molecule has 1 saturated heterocycles. The van der Waals surface area contributed by atoms with Crippen LogP contribution in [-0.4, -0.2) is 46.6 Å². The third kappa shape index (κ3) is 4.33. The molecule has 0 unspecified atom stereocenters. The fourth-order valence-electron chi connectivity index (χ4n) is 2.98. The van der Waals surface area contributed by atoms with Crippen LogP contribution in [-0.2, 0) is 4.74 Å². The van der Waals surface area contributed by atoms with Crippen molar-refractivity contribution in [2.75, 3.05) is 25.4 Å². The van der Waals surface area contributed by atoms with Crippen LogP contribution >= 0.6 is 0 Å². The second-order valence-corrected chi connectivity index (χ2v) is 6.30. The van der Waals surface area contributed by atoms with Gasteiger partial charge in [-0.1, -0.05) is 6.92 Å². The molecule has 2 aromatic heterocycles. The first-order valence-corrected chi connectivity index (χ1v) is 8.75. The second kappa shape index (κ2) is 8.07. The standard InChI is InChI=1S/C19H24N4O2/c1-2-9-25-17-5-7-23(8-6-17)19(24)16-10-15(11-21-12-16)14-3-4-18(20)22-13-14/h3-4,10-13,17H,2,5-9H2,1H3,(H2,20,22). The van der Waals surface area contributed by atoms with Crippen molar-refractivity contribution in [1.29, 1.82) is 0 Å². The van der Waals surface area contributed by atoms with Crippen LogP contribution in [0.2, 0.25) is 0 Å². The SMILES string of the molecule is CCCOC1CCN(C(=O)c2cncc(-c3ccc(N)nc3)c2)CC1. The predicted molar refractivity (Wildman–Crippen MR) is 97.0 cm³/mol. The Bertz CT molecular complexity index is 710. The number of nitrogens with zero attached hydrogens (tertiary/aromatic N) is 3. The van der Waals surface area contributed by atoms with Crippen molar-refractivity contribution in [3.05, 3.63) is 42.4 Å². The van der Waals surface area contributed by atoms with Crippen LogP contribution in [0.15, 0.2) is 36.8 Å². The fraction of sp³-hybridized carbons (Fsp3) is 0.421. The molecule has 25 heavy (non-hydrogen) atoms. The summed E-state index contributed by atoms with van der Waals surface area (Å²) in [6.07, 6.45) is 8.12. The molecular weight excluding hydrogens is 316 g/mol. The lowest BCUT2D eigenvalue weighted by molar-refractivity contribution is 0.00900. The number of rotatable bonds is 5. The van der Waals surface area contributed by atoms with Gasteiger partial charge in [0.1, 0.15) is 5.82 Å². The zero-order valence-corrected chi connectivity index (χ0v) is 14.5. The van der Waals surface area contributed by atoms with Gasteiger partial charge in [-0.15, -0.1) is 0 Å². The van der Waals surface area contributed by atoms with Gasteiger partial charge in [0.15, 0.2) is 0 Å². The molecule has 0 saturated carbocycles. The van der Waals surface area contributed by atoms with E-state index in [4.69, 9.17) is 10.5 Å². The Morgan fingerprint density at radius 1 is 1.24 bits per heavy atom. The smallest absolute Gasteiger partial charge is 0.255 e. The van der Waals surface area contributed by atoms with Crippen molar-refractivity contribution >= 4 is 11.7 Å². The van der Waals surface area contributed by atoms with E-state index in [2.05, 4.69) is 16.9 Å². The summed E-state index contributed by atoms with van der Waals surface area (Å²) in [7, 11) is 0. The molecule has 0 aliphatic carbocycles. The molecule has 1 aliphatic heterocycles. The maximum Gasteiger partial charge on any atom is 0.255 e. The maximum absolute atomic E-state index is 12.8. The summed E-state index contributed by atoms with van der Waals surface area (Å²) in [6, 6.07) is 5.48. The Balaban J connectivity index is 1.67. The minimum atomic E-state index is 0.0201. The van der Waals surface area contributed by atoms with Crippen molar-refractivity contribution in [1.82, 2.24) is 14.9 Å². The highest BCUT2D eigenvalue weighted by Crippen LogP contribution is 2.21. The maximum atomic E-state index is 12.8. The van der Waals surface area contributed by atoms with E-state index in [1.54, 1.807) is 24.7 Å². The number of carbonyl (C=O) groups excluding carboxylic acids is 1. The van der Waals surface area contributed by atoms with Crippen LogP contribution in [0.3, 0.4) is 0 Å². The Labute approximate surface area is 148 Å². The van der Waals surface area contributed by atoms with E-state index in [-0.39, 0.29) is 12.0 Å². The van der Waals surface area contributed by atoms with Crippen LogP contribution in [0.1, 0.15) is 36.5 Å². The molecule has 6 heteroatoms. The van der Waals surface area contributed by atoms with Gasteiger partial charge < -0.3 is 15.4 Å². The number of likely N-dealkylation sites (tertiary alicyclic amines) is 1. The van der Waals surface area contributed by atoms with Crippen molar-refractivity contribution in [3.63, 3.8) is 0 Å². The topological polar surface area (TPSA) is 81.3 Å². The number of carbonyl (C=O) groups is 1. The minimum Gasteiger partial charge on any atom is -0.384 e.